The van der Waals surface area contributed by atoms with Crippen molar-refractivity contribution in [2.75, 3.05) is 7.11 Å². The number of fused-ring (bicyclic) bond motifs is 1. The SMILES string of the molecule is CCn1cnc2sc(C(=O)OC)c(C)c2c1=O. The molecule has 6 heteroatoms. The summed E-state index contributed by atoms with van der Waals surface area (Å²) in [6.45, 7) is 4.18. The Labute approximate surface area is 102 Å². The van der Waals surface area contributed by atoms with Crippen LogP contribution < -0.4 is 5.56 Å². The fraction of sp³-hybridized carbons (Fsp3) is 0.364. The third-order valence-electron chi connectivity index (χ3n) is 2.63. The van der Waals surface area contributed by atoms with Crippen molar-refractivity contribution in [2.24, 2.45) is 0 Å². The second kappa shape index (κ2) is 4.29. The maximum atomic E-state index is 12.1. The minimum atomic E-state index is -0.423. The van der Waals surface area contributed by atoms with Crippen molar-refractivity contribution in [3.05, 3.63) is 27.1 Å². The van der Waals surface area contributed by atoms with Gasteiger partial charge in [0.15, 0.2) is 0 Å². The summed E-state index contributed by atoms with van der Waals surface area (Å²) in [5.74, 6) is -0.423. The first-order valence-electron chi connectivity index (χ1n) is 5.17. The highest BCUT2D eigenvalue weighted by Crippen LogP contribution is 2.27. The zero-order chi connectivity index (χ0) is 12.6. The lowest BCUT2D eigenvalue weighted by atomic mass is 10.2. The van der Waals surface area contributed by atoms with E-state index in [1.165, 1.54) is 29.3 Å². The topological polar surface area (TPSA) is 61.2 Å². The van der Waals surface area contributed by atoms with Gasteiger partial charge in [0.1, 0.15) is 9.71 Å². The quantitative estimate of drug-likeness (QED) is 0.761. The number of nitrogens with zero attached hydrogens (tertiary/aromatic N) is 2. The van der Waals surface area contributed by atoms with E-state index in [0.717, 1.165) is 0 Å². The molecule has 2 aromatic rings. The lowest BCUT2D eigenvalue weighted by molar-refractivity contribution is 0.0605. The van der Waals surface area contributed by atoms with Crippen molar-refractivity contribution < 1.29 is 9.53 Å². The van der Waals surface area contributed by atoms with Gasteiger partial charge in [0.05, 0.1) is 18.8 Å². The van der Waals surface area contributed by atoms with Crippen molar-refractivity contribution in [2.45, 2.75) is 20.4 Å². The summed E-state index contributed by atoms with van der Waals surface area (Å²) in [6, 6.07) is 0. The number of methoxy groups -OCH3 is 1. The summed E-state index contributed by atoms with van der Waals surface area (Å²) in [6.07, 6.45) is 1.50. The Morgan fingerprint density at radius 1 is 1.59 bits per heavy atom. The summed E-state index contributed by atoms with van der Waals surface area (Å²) < 4.78 is 6.19. The van der Waals surface area contributed by atoms with Crippen molar-refractivity contribution in [3.8, 4) is 0 Å². The Hall–Kier alpha value is -1.69. The molecular formula is C11H12N2O3S. The van der Waals surface area contributed by atoms with Gasteiger partial charge in [-0.15, -0.1) is 11.3 Å². The molecule has 90 valence electrons. The van der Waals surface area contributed by atoms with Gasteiger partial charge in [0.25, 0.3) is 5.56 Å². The second-order valence-electron chi connectivity index (χ2n) is 3.56. The molecule has 0 aromatic carbocycles. The van der Waals surface area contributed by atoms with Crippen LogP contribution in [0, 0.1) is 6.92 Å². The molecule has 2 aromatic heterocycles. The van der Waals surface area contributed by atoms with Gasteiger partial charge in [-0.25, -0.2) is 9.78 Å². The van der Waals surface area contributed by atoms with Gasteiger partial charge in [-0.05, 0) is 19.4 Å². The summed E-state index contributed by atoms with van der Waals surface area (Å²) in [4.78, 5) is 28.8. The zero-order valence-corrected chi connectivity index (χ0v) is 10.6. The molecule has 0 radical (unpaired) electrons. The van der Waals surface area contributed by atoms with Gasteiger partial charge in [-0.3, -0.25) is 9.36 Å². The first-order valence-corrected chi connectivity index (χ1v) is 5.98. The molecule has 0 N–H and O–H groups in total. The summed E-state index contributed by atoms with van der Waals surface area (Å²) in [5, 5.41) is 0.514. The van der Waals surface area contributed by atoms with Crippen molar-refractivity contribution >= 4 is 27.5 Å². The number of aromatic nitrogens is 2. The average molecular weight is 252 g/mol. The van der Waals surface area contributed by atoms with Crippen LogP contribution in [-0.2, 0) is 11.3 Å². The molecule has 2 rings (SSSR count). The maximum absolute atomic E-state index is 12.1. The van der Waals surface area contributed by atoms with E-state index in [1.54, 1.807) is 6.92 Å². The largest absolute Gasteiger partial charge is 0.465 e. The van der Waals surface area contributed by atoms with Gasteiger partial charge >= 0.3 is 5.97 Å². The van der Waals surface area contributed by atoms with Gasteiger partial charge in [-0.1, -0.05) is 0 Å². The van der Waals surface area contributed by atoms with Crippen molar-refractivity contribution in [3.63, 3.8) is 0 Å². The van der Waals surface area contributed by atoms with E-state index in [9.17, 15) is 9.59 Å². The summed E-state index contributed by atoms with van der Waals surface area (Å²) in [7, 11) is 1.32. The third-order valence-corrected chi connectivity index (χ3v) is 3.81. The highest BCUT2D eigenvalue weighted by molar-refractivity contribution is 7.20. The fourth-order valence-electron chi connectivity index (χ4n) is 1.67. The van der Waals surface area contributed by atoms with E-state index in [2.05, 4.69) is 9.72 Å². The Balaban J connectivity index is 2.80. The lowest BCUT2D eigenvalue weighted by Crippen LogP contribution is -2.19. The number of aryl methyl sites for hydroxylation is 2. The molecule has 0 bridgehead atoms. The predicted octanol–water partition coefficient (Wildman–Crippen LogP) is 1.57. The normalized spacial score (nSPS) is 10.8. The Morgan fingerprint density at radius 2 is 2.29 bits per heavy atom. The number of rotatable bonds is 2. The Kier molecular flexibility index (Phi) is 2.97. The van der Waals surface area contributed by atoms with E-state index in [1.807, 2.05) is 6.92 Å². The van der Waals surface area contributed by atoms with Crippen LogP contribution in [0.3, 0.4) is 0 Å². The van der Waals surface area contributed by atoms with Crippen LogP contribution in [0.2, 0.25) is 0 Å². The maximum Gasteiger partial charge on any atom is 0.348 e. The molecule has 0 aliphatic rings. The van der Waals surface area contributed by atoms with Crippen LogP contribution in [0.4, 0.5) is 0 Å². The molecule has 0 spiro atoms. The minimum Gasteiger partial charge on any atom is -0.465 e. The molecule has 17 heavy (non-hydrogen) atoms. The van der Waals surface area contributed by atoms with Crippen molar-refractivity contribution in [1.82, 2.24) is 9.55 Å². The smallest absolute Gasteiger partial charge is 0.348 e. The molecule has 0 aliphatic carbocycles. The number of hydrogen-bond donors (Lipinski definition) is 0. The number of carbonyl (C=O) groups is 1. The Bertz CT molecular complexity index is 642. The molecule has 2 heterocycles. The fourth-order valence-corrected chi connectivity index (χ4v) is 2.73. The average Bonchev–Trinajstić information content (AvgIpc) is 2.67. The van der Waals surface area contributed by atoms with Gasteiger partial charge < -0.3 is 4.74 Å². The second-order valence-corrected chi connectivity index (χ2v) is 4.56. The first kappa shape index (κ1) is 11.8. The minimum absolute atomic E-state index is 0.110. The number of thiophene rings is 1. The molecular weight excluding hydrogens is 240 g/mol. The van der Waals surface area contributed by atoms with Gasteiger partial charge in [0.2, 0.25) is 0 Å². The van der Waals surface area contributed by atoms with Crippen LogP contribution in [0.5, 0.6) is 0 Å². The number of hydrogen-bond acceptors (Lipinski definition) is 5. The zero-order valence-electron chi connectivity index (χ0n) is 9.81. The van der Waals surface area contributed by atoms with Crippen LogP contribution >= 0.6 is 11.3 Å². The third kappa shape index (κ3) is 1.74. The molecule has 0 saturated heterocycles. The summed E-state index contributed by atoms with van der Waals surface area (Å²) in [5.41, 5.74) is 0.540. The highest BCUT2D eigenvalue weighted by atomic mass is 32.1. The molecule has 0 unspecified atom stereocenters. The monoisotopic (exact) mass is 252 g/mol. The number of ether oxygens (including phenoxy) is 1. The van der Waals surface area contributed by atoms with Gasteiger partial charge in [-0.2, -0.15) is 0 Å². The highest BCUT2D eigenvalue weighted by Gasteiger charge is 2.19. The van der Waals surface area contributed by atoms with Crippen LogP contribution in [-0.4, -0.2) is 22.6 Å². The lowest BCUT2D eigenvalue weighted by Gasteiger charge is -2.00. The molecule has 0 aliphatic heterocycles. The molecule has 0 amide bonds. The number of esters is 1. The number of carbonyl (C=O) groups excluding carboxylic acids is 1. The van der Waals surface area contributed by atoms with E-state index < -0.39 is 5.97 Å². The first-order chi connectivity index (χ1) is 8.10. The molecule has 5 nitrogen and oxygen atoms in total. The molecule has 0 saturated carbocycles. The van der Waals surface area contributed by atoms with E-state index >= 15 is 0 Å². The predicted molar refractivity (Wildman–Crippen MR) is 65.6 cm³/mol. The van der Waals surface area contributed by atoms with E-state index in [-0.39, 0.29) is 5.56 Å². The standard InChI is InChI=1S/C11H12N2O3S/c1-4-13-5-12-9-7(10(13)14)6(2)8(17-9)11(15)16-3/h5H,4H2,1-3H3. The van der Waals surface area contributed by atoms with Crippen LogP contribution in [0.15, 0.2) is 11.1 Å². The van der Waals surface area contributed by atoms with E-state index in [0.29, 0.717) is 27.2 Å². The van der Waals surface area contributed by atoms with Gasteiger partial charge in [0, 0.05) is 6.54 Å². The molecule has 0 atom stereocenters. The summed E-state index contributed by atoms with van der Waals surface area (Å²) >= 11 is 1.19. The van der Waals surface area contributed by atoms with E-state index in [4.69, 9.17) is 0 Å². The van der Waals surface area contributed by atoms with Crippen LogP contribution in [0.1, 0.15) is 22.2 Å². The van der Waals surface area contributed by atoms with Crippen molar-refractivity contribution in [1.29, 1.82) is 0 Å². The van der Waals surface area contributed by atoms with Crippen LogP contribution in [0.25, 0.3) is 10.2 Å². The Morgan fingerprint density at radius 3 is 2.88 bits per heavy atom. The molecule has 0 fully saturated rings.